The Morgan fingerprint density at radius 2 is 2.04 bits per heavy atom. The Labute approximate surface area is 148 Å². The number of hydrogen-bond acceptors (Lipinski definition) is 6. The molecule has 136 valence electrons. The van der Waals surface area contributed by atoms with Gasteiger partial charge in [0.25, 0.3) is 0 Å². The summed E-state index contributed by atoms with van der Waals surface area (Å²) in [5.74, 6) is 1.50. The number of nitrogens with one attached hydrogen (secondary N) is 1. The van der Waals surface area contributed by atoms with Gasteiger partial charge in [-0.05, 0) is 51.2 Å². The number of hydrogen-bond donors (Lipinski definition) is 1. The lowest BCUT2D eigenvalue weighted by molar-refractivity contribution is 0.343. The first-order valence-electron chi connectivity index (χ1n) is 8.16. The van der Waals surface area contributed by atoms with E-state index in [4.69, 9.17) is 9.26 Å². The van der Waals surface area contributed by atoms with Crippen molar-refractivity contribution in [3.63, 3.8) is 0 Å². The summed E-state index contributed by atoms with van der Waals surface area (Å²) >= 11 is 0. The van der Waals surface area contributed by atoms with Crippen LogP contribution < -0.4 is 9.46 Å². The molecule has 1 aliphatic carbocycles. The second-order valence-electron chi connectivity index (χ2n) is 6.51. The van der Waals surface area contributed by atoms with Crippen molar-refractivity contribution in [1.82, 2.24) is 14.8 Å². The lowest BCUT2D eigenvalue weighted by Gasteiger charge is -2.23. The van der Waals surface area contributed by atoms with Crippen molar-refractivity contribution in [2.45, 2.75) is 36.7 Å². The van der Waals surface area contributed by atoms with E-state index in [9.17, 15) is 8.42 Å². The third kappa shape index (κ3) is 4.02. The van der Waals surface area contributed by atoms with Gasteiger partial charge in [-0.25, -0.2) is 13.1 Å². The first kappa shape index (κ1) is 17.9. The Balaban J connectivity index is 1.74. The second kappa shape index (κ2) is 7.15. The fourth-order valence-electron chi connectivity index (χ4n) is 3.03. The van der Waals surface area contributed by atoms with Crippen molar-refractivity contribution < 1.29 is 17.7 Å². The average molecular weight is 365 g/mol. The zero-order valence-electron chi connectivity index (χ0n) is 14.7. The molecule has 2 aromatic rings. The minimum Gasteiger partial charge on any atom is -0.497 e. The SMILES string of the molecule is COc1ccc(S(=O)(=O)NC2CCc3onc(CN(C)C)c3C2)cc1. The highest BCUT2D eigenvalue weighted by atomic mass is 32.2. The van der Waals surface area contributed by atoms with Crippen LogP contribution in [0.15, 0.2) is 33.7 Å². The molecule has 0 aliphatic heterocycles. The van der Waals surface area contributed by atoms with Crippen molar-refractivity contribution in [1.29, 1.82) is 0 Å². The molecule has 8 heteroatoms. The smallest absolute Gasteiger partial charge is 0.240 e. The Morgan fingerprint density at radius 3 is 2.68 bits per heavy atom. The molecule has 0 amide bonds. The number of sulfonamides is 1. The quantitative estimate of drug-likeness (QED) is 0.837. The number of nitrogens with zero attached hydrogens (tertiary/aromatic N) is 2. The predicted octanol–water partition coefficient (Wildman–Crippen LogP) is 1.58. The highest BCUT2D eigenvalue weighted by Gasteiger charge is 2.29. The number of fused-ring (bicyclic) bond motifs is 1. The van der Waals surface area contributed by atoms with E-state index in [1.165, 1.54) is 0 Å². The minimum absolute atomic E-state index is 0.167. The van der Waals surface area contributed by atoms with Crippen molar-refractivity contribution in [3.8, 4) is 5.75 Å². The van der Waals surface area contributed by atoms with E-state index in [-0.39, 0.29) is 10.9 Å². The molecule has 0 bridgehead atoms. The largest absolute Gasteiger partial charge is 0.497 e. The van der Waals surface area contributed by atoms with E-state index < -0.39 is 10.0 Å². The molecule has 3 rings (SSSR count). The van der Waals surface area contributed by atoms with E-state index in [0.29, 0.717) is 31.6 Å². The molecule has 0 fully saturated rings. The van der Waals surface area contributed by atoms with Gasteiger partial charge in [0.15, 0.2) is 0 Å². The molecule has 7 nitrogen and oxygen atoms in total. The third-order valence-corrected chi connectivity index (χ3v) is 5.82. The predicted molar refractivity (Wildman–Crippen MR) is 93.0 cm³/mol. The van der Waals surface area contributed by atoms with Crippen LogP contribution in [0.5, 0.6) is 5.75 Å². The first-order valence-corrected chi connectivity index (χ1v) is 9.65. The molecule has 1 aromatic heterocycles. The van der Waals surface area contributed by atoms with Crippen LogP contribution in [0.1, 0.15) is 23.4 Å². The summed E-state index contributed by atoms with van der Waals surface area (Å²) in [6.07, 6.45) is 1.97. The topological polar surface area (TPSA) is 84.7 Å². The Morgan fingerprint density at radius 1 is 1.32 bits per heavy atom. The molecule has 1 aromatic carbocycles. The zero-order valence-corrected chi connectivity index (χ0v) is 15.5. The highest BCUT2D eigenvalue weighted by Crippen LogP contribution is 2.26. The summed E-state index contributed by atoms with van der Waals surface area (Å²) in [6, 6.07) is 6.21. The van der Waals surface area contributed by atoms with Gasteiger partial charge in [-0.3, -0.25) is 0 Å². The molecule has 0 saturated heterocycles. The van der Waals surface area contributed by atoms with Crippen LogP contribution in [0.4, 0.5) is 0 Å². The number of ether oxygens (including phenoxy) is 1. The van der Waals surface area contributed by atoms with Gasteiger partial charge in [-0.15, -0.1) is 0 Å². The second-order valence-corrected chi connectivity index (χ2v) is 8.22. The number of rotatable bonds is 6. The maximum absolute atomic E-state index is 12.6. The van der Waals surface area contributed by atoms with Gasteiger partial charge in [-0.2, -0.15) is 0 Å². The van der Waals surface area contributed by atoms with Gasteiger partial charge in [0, 0.05) is 24.6 Å². The van der Waals surface area contributed by atoms with Crippen molar-refractivity contribution >= 4 is 10.0 Å². The molecule has 1 heterocycles. The fourth-order valence-corrected chi connectivity index (χ4v) is 4.30. The van der Waals surface area contributed by atoms with Crippen LogP contribution in [0.3, 0.4) is 0 Å². The average Bonchev–Trinajstić information content (AvgIpc) is 2.96. The molecular weight excluding hydrogens is 342 g/mol. The maximum atomic E-state index is 12.6. The lowest BCUT2D eigenvalue weighted by atomic mass is 9.92. The van der Waals surface area contributed by atoms with Gasteiger partial charge in [0.1, 0.15) is 17.2 Å². The third-order valence-electron chi connectivity index (χ3n) is 4.28. The Hall–Kier alpha value is -1.90. The van der Waals surface area contributed by atoms with Crippen molar-refractivity contribution in [3.05, 3.63) is 41.3 Å². The van der Waals surface area contributed by atoms with Gasteiger partial charge in [0.05, 0.1) is 12.0 Å². The monoisotopic (exact) mass is 365 g/mol. The summed E-state index contributed by atoms with van der Waals surface area (Å²) in [6.45, 7) is 0.677. The lowest BCUT2D eigenvalue weighted by Crippen LogP contribution is -2.38. The molecule has 1 atom stereocenters. The van der Waals surface area contributed by atoms with Crippen LogP contribution in [-0.4, -0.2) is 45.7 Å². The molecule has 0 saturated carbocycles. The molecule has 0 spiro atoms. The summed E-state index contributed by atoms with van der Waals surface area (Å²) in [5.41, 5.74) is 1.91. The molecular formula is C17H23N3O4S. The van der Waals surface area contributed by atoms with Crippen molar-refractivity contribution in [2.75, 3.05) is 21.2 Å². The normalized spacial score (nSPS) is 17.5. The van der Waals surface area contributed by atoms with Crippen molar-refractivity contribution in [2.24, 2.45) is 0 Å². The maximum Gasteiger partial charge on any atom is 0.240 e. The van der Waals surface area contributed by atoms with E-state index in [1.54, 1.807) is 31.4 Å². The molecule has 1 aliphatic rings. The Kier molecular flexibility index (Phi) is 5.12. The highest BCUT2D eigenvalue weighted by molar-refractivity contribution is 7.89. The summed E-state index contributed by atoms with van der Waals surface area (Å²) in [5, 5.41) is 4.14. The fraction of sp³-hybridized carbons (Fsp3) is 0.471. The van der Waals surface area contributed by atoms with Crippen LogP contribution >= 0.6 is 0 Å². The van der Waals surface area contributed by atoms with Crippen LogP contribution in [0.2, 0.25) is 0 Å². The van der Waals surface area contributed by atoms with Crippen LogP contribution in [0, 0.1) is 0 Å². The van der Waals surface area contributed by atoms with Gasteiger partial charge < -0.3 is 14.2 Å². The zero-order chi connectivity index (χ0) is 18.0. The molecule has 0 radical (unpaired) electrons. The first-order chi connectivity index (χ1) is 11.9. The number of aromatic nitrogens is 1. The van der Waals surface area contributed by atoms with E-state index in [2.05, 4.69) is 9.88 Å². The number of methoxy groups -OCH3 is 1. The number of benzene rings is 1. The molecule has 25 heavy (non-hydrogen) atoms. The van der Waals surface area contributed by atoms with Gasteiger partial charge in [-0.1, -0.05) is 5.16 Å². The van der Waals surface area contributed by atoms with E-state index in [0.717, 1.165) is 17.0 Å². The van der Waals surface area contributed by atoms with E-state index in [1.807, 2.05) is 19.0 Å². The van der Waals surface area contributed by atoms with E-state index >= 15 is 0 Å². The van der Waals surface area contributed by atoms with Gasteiger partial charge >= 0.3 is 0 Å². The summed E-state index contributed by atoms with van der Waals surface area (Å²) in [7, 11) is 1.91. The minimum atomic E-state index is -3.57. The van der Waals surface area contributed by atoms with Crippen LogP contribution in [-0.2, 0) is 29.4 Å². The van der Waals surface area contributed by atoms with Gasteiger partial charge in [0.2, 0.25) is 10.0 Å². The molecule has 1 unspecified atom stereocenters. The molecule has 1 N–H and O–H groups in total. The number of aryl methyl sites for hydroxylation is 1. The standard InChI is InChI=1S/C17H23N3O4S/c1-20(2)11-16-15-10-12(4-9-17(15)24-18-16)19-25(21,22)14-7-5-13(23-3)6-8-14/h5-8,12,19H,4,9-11H2,1-3H3. The Bertz CT molecular complexity index is 828. The summed E-state index contributed by atoms with van der Waals surface area (Å²) in [4.78, 5) is 2.25. The van der Waals surface area contributed by atoms with Crippen LogP contribution in [0.25, 0.3) is 0 Å². The summed E-state index contributed by atoms with van der Waals surface area (Å²) < 4.78 is 38.5.